The van der Waals surface area contributed by atoms with E-state index in [-0.39, 0.29) is 18.0 Å². The number of aliphatic hydroxyl groups is 1. The van der Waals surface area contributed by atoms with Crippen molar-refractivity contribution in [2.24, 2.45) is 11.8 Å². The molecule has 1 heterocycles. The first-order chi connectivity index (χ1) is 7.23. The average molecular weight is 228 g/mol. The van der Waals surface area contributed by atoms with E-state index in [9.17, 15) is 9.90 Å². The van der Waals surface area contributed by atoms with Gasteiger partial charge in [0.15, 0.2) is 0 Å². The van der Waals surface area contributed by atoms with Crippen LogP contribution in [0, 0.1) is 11.8 Å². The Balaban J connectivity index is 2.51. The number of epoxide rings is 1. The smallest absolute Gasteiger partial charge is 0.129 e. The molecular weight excluding hydrogens is 204 g/mol. The summed E-state index contributed by atoms with van der Waals surface area (Å²) >= 11 is 0. The summed E-state index contributed by atoms with van der Waals surface area (Å²) in [5.74, 6) is 1.09. The van der Waals surface area contributed by atoms with E-state index < -0.39 is 5.60 Å². The van der Waals surface area contributed by atoms with Crippen molar-refractivity contribution in [1.29, 1.82) is 0 Å². The van der Waals surface area contributed by atoms with Crippen LogP contribution in [0.2, 0.25) is 0 Å². The number of carbonyl (C=O) groups is 1. The quantitative estimate of drug-likeness (QED) is 0.709. The second-order valence-corrected chi connectivity index (χ2v) is 5.82. The Hall–Kier alpha value is -0.410. The third-order valence-corrected chi connectivity index (χ3v) is 3.33. The van der Waals surface area contributed by atoms with Crippen molar-refractivity contribution in [1.82, 2.24) is 0 Å². The Kier molecular flexibility index (Phi) is 4.13. The number of ether oxygens (including phenoxy) is 1. The number of carbonyl (C=O) groups excluding carboxylic acids is 1. The number of hydrogen-bond acceptors (Lipinski definition) is 3. The lowest BCUT2D eigenvalue weighted by Gasteiger charge is -2.20. The van der Waals surface area contributed by atoms with Gasteiger partial charge in [0.05, 0.1) is 11.7 Å². The fourth-order valence-electron chi connectivity index (χ4n) is 2.26. The van der Waals surface area contributed by atoms with E-state index in [2.05, 4.69) is 13.8 Å². The van der Waals surface area contributed by atoms with E-state index in [4.69, 9.17) is 4.74 Å². The van der Waals surface area contributed by atoms with Gasteiger partial charge in [-0.25, -0.2) is 0 Å². The van der Waals surface area contributed by atoms with Crippen LogP contribution >= 0.6 is 0 Å². The summed E-state index contributed by atoms with van der Waals surface area (Å²) in [5.41, 5.74) is -0.770. The molecule has 0 amide bonds. The molecular formula is C13H24O3. The van der Waals surface area contributed by atoms with Crippen LogP contribution in [0.4, 0.5) is 0 Å². The zero-order valence-electron chi connectivity index (χ0n) is 11.0. The van der Waals surface area contributed by atoms with E-state index in [0.29, 0.717) is 18.3 Å². The predicted octanol–water partition coefficient (Wildman–Crippen LogP) is 2.17. The van der Waals surface area contributed by atoms with Gasteiger partial charge in [0.2, 0.25) is 0 Å². The Labute approximate surface area is 98.2 Å². The maximum Gasteiger partial charge on any atom is 0.129 e. The van der Waals surface area contributed by atoms with Crippen LogP contribution in [0.3, 0.4) is 0 Å². The second kappa shape index (κ2) is 4.84. The molecule has 0 aromatic heterocycles. The molecule has 0 aromatic carbocycles. The molecule has 1 aliphatic rings. The van der Waals surface area contributed by atoms with Crippen molar-refractivity contribution >= 4 is 5.78 Å². The average Bonchev–Trinajstić information content (AvgIpc) is 2.81. The maximum atomic E-state index is 11.0. The summed E-state index contributed by atoms with van der Waals surface area (Å²) in [6.07, 6.45) is 1.54. The Morgan fingerprint density at radius 3 is 2.31 bits per heavy atom. The van der Waals surface area contributed by atoms with Gasteiger partial charge in [-0.2, -0.15) is 0 Å². The predicted molar refractivity (Wildman–Crippen MR) is 63.2 cm³/mol. The molecule has 0 saturated carbocycles. The van der Waals surface area contributed by atoms with Gasteiger partial charge in [-0.1, -0.05) is 13.8 Å². The van der Waals surface area contributed by atoms with Gasteiger partial charge < -0.3 is 14.6 Å². The Morgan fingerprint density at radius 1 is 1.44 bits per heavy atom. The first kappa shape index (κ1) is 13.7. The number of hydrogen-bond donors (Lipinski definition) is 1. The van der Waals surface area contributed by atoms with Gasteiger partial charge in [0.25, 0.3) is 0 Å². The summed E-state index contributed by atoms with van der Waals surface area (Å²) in [7, 11) is 0. The fourth-order valence-corrected chi connectivity index (χ4v) is 2.26. The zero-order valence-corrected chi connectivity index (χ0v) is 11.0. The SMILES string of the molecule is CC(=O)CCC(C(C)C)C1OC1C(C)(C)O. The molecule has 0 bridgehead atoms. The van der Waals surface area contributed by atoms with Gasteiger partial charge in [-0.15, -0.1) is 0 Å². The van der Waals surface area contributed by atoms with Gasteiger partial charge in [0.1, 0.15) is 11.9 Å². The standard InChI is InChI=1S/C13H24O3/c1-8(2)10(7-6-9(3)14)11-12(16-11)13(4,5)15/h8,10-12,15H,6-7H2,1-5H3. The van der Waals surface area contributed by atoms with Crippen LogP contribution in [0.15, 0.2) is 0 Å². The molecule has 3 nitrogen and oxygen atoms in total. The Bertz CT molecular complexity index is 252. The molecule has 1 N–H and O–H groups in total. The lowest BCUT2D eigenvalue weighted by molar-refractivity contribution is -0.117. The van der Waals surface area contributed by atoms with Gasteiger partial charge in [-0.3, -0.25) is 0 Å². The largest absolute Gasteiger partial charge is 0.388 e. The van der Waals surface area contributed by atoms with Crippen LogP contribution in [0.1, 0.15) is 47.5 Å². The molecule has 1 fully saturated rings. The van der Waals surface area contributed by atoms with E-state index in [1.807, 2.05) is 0 Å². The molecule has 94 valence electrons. The molecule has 1 saturated heterocycles. The summed E-state index contributed by atoms with van der Waals surface area (Å²) in [6.45, 7) is 9.47. The highest BCUT2D eigenvalue weighted by atomic mass is 16.6. The van der Waals surface area contributed by atoms with Crippen molar-refractivity contribution in [2.45, 2.75) is 65.3 Å². The monoisotopic (exact) mass is 228 g/mol. The fraction of sp³-hybridized carbons (Fsp3) is 0.923. The summed E-state index contributed by atoms with van der Waals surface area (Å²) in [6, 6.07) is 0. The van der Waals surface area contributed by atoms with Crippen molar-refractivity contribution in [3.63, 3.8) is 0 Å². The van der Waals surface area contributed by atoms with Crippen molar-refractivity contribution in [3.05, 3.63) is 0 Å². The highest BCUT2D eigenvalue weighted by Gasteiger charge is 2.52. The topological polar surface area (TPSA) is 49.8 Å². The Morgan fingerprint density at radius 2 is 2.00 bits per heavy atom. The van der Waals surface area contributed by atoms with E-state index in [1.165, 1.54) is 0 Å². The summed E-state index contributed by atoms with van der Waals surface area (Å²) < 4.78 is 5.58. The van der Waals surface area contributed by atoms with Crippen molar-refractivity contribution < 1.29 is 14.6 Å². The highest BCUT2D eigenvalue weighted by Crippen LogP contribution is 2.41. The van der Waals surface area contributed by atoms with Gasteiger partial charge in [0, 0.05) is 6.42 Å². The second-order valence-electron chi connectivity index (χ2n) is 5.82. The minimum absolute atomic E-state index is 0.0631. The zero-order chi connectivity index (χ0) is 12.5. The molecule has 0 aromatic rings. The minimum atomic E-state index is -0.770. The lowest BCUT2D eigenvalue weighted by atomic mass is 9.84. The van der Waals surface area contributed by atoms with Crippen LogP contribution in [-0.2, 0) is 9.53 Å². The summed E-state index contributed by atoms with van der Waals surface area (Å²) in [4.78, 5) is 11.0. The van der Waals surface area contributed by atoms with Crippen LogP contribution in [0.5, 0.6) is 0 Å². The first-order valence-electron chi connectivity index (χ1n) is 6.10. The molecule has 0 spiro atoms. The molecule has 16 heavy (non-hydrogen) atoms. The van der Waals surface area contributed by atoms with Crippen molar-refractivity contribution in [2.75, 3.05) is 0 Å². The summed E-state index contributed by atoms with van der Waals surface area (Å²) in [5, 5.41) is 9.84. The minimum Gasteiger partial charge on any atom is -0.388 e. The van der Waals surface area contributed by atoms with Gasteiger partial charge in [-0.05, 0) is 39.0 Å². The van der Waals surface area contributed by atoms with E-state index in [0.717, 1.165) is 6.42 Å². The first-order valence-corrected chi connectivity index (χ1v) is 6.10. The van der Waals surface area contributed by atoms with E-state index >= 15 is 0 Å². The van der Waals surface area contributed by atoms with E-state index in [1.54, 1.807) is 20.8 Å². The number of rotatable bonds is 6. The molecule has 1 aliphatic heterocycles. The van der Waals surface area contributed by atoms with Gasteiger partial charge >= 0.3 is 0 Å². The van der Waals surface area contributed by atoms with Crippen LogP contribution in [0.25, 0.3) is 0 Å². The third-order valence-electron chi connectivity index (χ3n) is 3.33. The third kappa shape index (κ3) is 3.56. The molecule has 3 heteroatoms. The molecule has 0 radical (unpaired) electrons. The van der Waals surface area contributed by atoms with Crippen LogP contribution < -0.4 is 0 Å². The number of ketones is 1. The molecule has 1 rings (SSSR count). The van der Waals surface area contributed by atoms with Crippen LogP contribution in [-0.4, -0.2) is 28.7 Å². The van der Waals surface area contributed by atoms with Crippen molar-refractivity contribution in [3.8, 4) is 0 Å². The molecule has 3 atom stereocenters. The molecule has 3 unspecified atom stereocenters. The highest BCUT2D eigenvalue weighted by molar-refractivity contribution is 5.75. The number of Topliss-reactive ketones (excluding diaryl/α,β-unsaturated/α-hetero) is 1. The maximum absolute atomic E-state index is 11.0. The lowest BCUT2D eigenvalue weighted by Crippen LogP contribution is -2.31. The molecule has 0 aliphatic carbocycles. The normalized spacial score (nSPS) is 26.9.